The van der Waals surface area contributed by atoms with Crippen molar-refractivity contribution in [2.24, 2.45) is 23.7 Å². The maximum absolute atomic E-state index is 11.9. The van der Waals surface area contributed by atoms with Crippen LogP contribution < -0.4 is 0 Å². The summed E-state index contributed by atoms with van der Waals surface area (Å²) in [5.41, 5.74) is 3.05. The van der Waals surface area contributed by atoms with Crippen LogP contribution in [0.15, 0.2) is 36.9 Å². The fourth-order valence-electron chi connectivity index (χ4n) is 5.70. The van der Waals surface area contributed by atoms with E-state index in [9.17, 15) is 4.79 Å². The summed E-state index contributed by atoms with van der Waals surface area (Å²) in [4.78, 5) is 11.9. The number of carbonyl (C=O) groups is 1. The molecule has 148 valence electrons. The van der Waals surface area contributed by atoms with Crippen molar-refractivity contribution in [3.05, 3.63) is 48.0 Å². The van der Waals surface area contributed by atoms with Crippen LogP contribution in [-0.2, 0) is 11.2 Å². The van der Waals surface area contributed by atoms with Gasteiger partial charge in [0, 0.05) is 5.92 Å². The molecule has 0 N–H and O–H groups in total. The monoisotopic (exact) mass is 366 g/mol. The van der Waals surface area contributed by atoms with Gasteiger partial charge in [0.2, 0.25) is 0 Å². The van der Waals surface area contributed by atoms with Gasteiger partial charge in [-0.05, 0) is 98.7 Å². The summed E-state index contributed by atoms with van der Waals surface area (Å²) in [6.07, 6.45) is 14.6. The molecule has 0 spiro atoms. The second-order valence-corrected chi connectivity index (χ2v) is 9.17. The molecule has 0 aromatic heterocycles. The molecule has 2 aliphatic rings. The highest BCUT2D eigenvalue weighted by Crippen LogP contribution is 2.45. The van der Waals surface area contributed by atoms with E-state index in [1.165, 1.54) is 75.8 Å². The maximum atomic E-state index is 11.9. The van der Waals surface area contributed by atoms with Crippen LogP contribution in [0.2, 0.25) is 0 Å². The van der Waals surface area contributed by atoms with Crippen molar-refractivity contribution >= 4 is 5.78 Å². The van der Waals surface area contributed by atoms with Gasteiger partial charge in [0.1, 0.15) is 0 Å². The molecule has 1 atom stereocenters. The maximum Gasteiger partial charge on any atom is 0.158 e. The van der Waals surface area contributed by atoms with E-state index in [-0.39, 0.29) is 11.7 Å². The highest BCUT2D eigenvalue weighted by molar-refractivity contribution is 5.91. The molecular formula is C26H38O. The largest absolute Gasteiger partial charge is 0.295 e. The molecule has 3 rings (SSSR count). The van der Waals surface area contributed by atoms with Crippen molar-refractivity contribution in [1.82, 2.24) is 0 Å². The van der Waals surface area contributed by atoms with Crippen LogP contribution in [0.4, 0.5) is 0 Å². The molecule has 2 saturated carbocycles. The van der Waals surface area contributed by atoms with Gasteiger partial charge in [-0.3, -0.25) is 4.79 Å². The summed E-state index contributed by atoms with van der Waals surface area (Å²) in [6.45, 7) is 8.02. The molecule has 1 nitrogen and oxygen atoms in total. The summed E-state index contributed by atoms with van der Waals surface area (Å²) in [7, 11) is 0. The summed E-state index contributed by atoms with van der Waals surface area (Å²) in [5.74, 6) is 3.61. The zero-order valence-corrected chi connectivity index (χ0v) is 17.5. The van der Waals surface area contributed by atoms with Gasteiger partial charge in [0.15, 0.2) is 5.78 Å². The molecule has 0 aliphatic heterocycles. The highest BCUT2D eigenvalue weighted by atomic mass is 16.1. The first-order valence-corrected chi connectivity index (χ1v) is 11.4. The number of benzene rings is 1. The van der Waals surface area contributed by atoms with Crippen molar-refractivity contribution < 1.29 is 4.79 Å². The lowest BCUT2D eigenvalue weighted by molar-refractivity contribution is -0.119. The fraction of sp³-hybridized carbons (Fsp3) is 0.654. The van der Waals surface area contributed by atoms with Gasteiger partial charge in [-0.25, -0.2) is 0 Å². The first-order valence-electron chi connectivity index (χ1n) is 11.4. The lowest BCUT2D eigenvalue weighted by Gasteiger charge is -2.39. The van der Waals surface area contributed by atoms with Gasteiger partial charge in [-0.1, -0.05) is 51.1 Å². The molecule has 1 aromatic carbocycles. The topological polar surface area (TPSA) is 17.1 Å². The van der Waals surface area contributed by atoms with Gasteiger partial charge >= 0.3 is 0 Å². The van der Waals surface area contributed by atoms with Gasteiger partial charge in [-0.15, -0.1) is 0 Å². The van der Waals surface area contributed by atoms with Gasteiger partial charge in [-0.2, -0.15) is 0 Å². The minimum absolute atomic E-state index is 0.176. The Morgan fingerprint density at radius 2 is 1.56 bits per heavy atom. The van der Waals surface area contributed by atoms with Crippen LogP contribution in [0, 0.1) is 23.7 Å². The zero-order chi connectivity index (χ0) is 19.2. The lowest BCUT2D eigenvalue weighted by Crippen LogP contribution is -2.29. The third-order valence-electron chi connectivity index (χ3n) is 7.60. The third kappa shape index (κ3) is 5.12. The van der Waals surface area contributed by atoms with E-state index in [0.29, 0.717) is 5.92 Å². The Hall–Kier alpha value is -1.37. The molecule has 27 heavy (non-hydrogen) atoms. The van der Waals surface area contributed by atoms with Crippen LogP contribution in [0.5, 0.6) is 0 Å². The van der Waals surface area contributed by atoms with E-state index in [0.717, 1.165) is 17.8 Å². The second-order valence-electron chi connectivity index (χ2n) is 9.17. The lowest BCUT2D eigenvalue weighted by atomic mass is 9.66. The standard InChI is InChI=1S/C26H38O/c1-4-6-20-7-9-22(10-8-20)24-15-17-25(18-16-24)23-13-11-21(12-14-23)19(3)26(27)5-2/h5,7-10,19,21,23-25H,2,4,6,11-18H2,1,3H3. The predicted octanol–water partition coefficient (Wildman–Crippen LogP) is 7.11. The Morgan fingerprint density at radius 1 is 1.00 bits per heavy atom. The fourth-order valence-corrected chi connectivity index (χ4v) is 5.70. The van der Waals surface area contributed by atoms with E-state index in [2.05, 4.69) is 44.7 Å². The molecule has 2 fully saturated rings. The second kappa shape index (κ2) is 9.71. The summed E-state index contributed by atoms with van der Waals surface area (Å²) in [6, 6.07) is 9.47. The van der Waals surface area contributed by atoms with Crippen LogP contribution in [0.3, 0.4) is 0 Å². The number of aryl methyl sites for hydroxylation is 1. The number of hydrogen-bond acceptors (Lipinski definition) is 1. The molecule has 1 heteroatoms. The first kappa shape index (κ1) is 20.4. The number of allylic oxidation sites excluding steroid dienone is 1. The molecule has 0 amide bonds. The zero-order valence-electron chi connectivity index (χ0n) is 17.5. The number of hydrogen-bond donors (Lipinski definition) is 0. The van der Waals surface area contributed by atoms with Crippen LogP contribution in [-0.4, -0.2) is 5.78 Å². The van der Waals surface area contributed by atoms with E-state index in [1.54, 1.807) is 5.56 Å². The molecule has 0 bridgehead atoms. The Kier molecular flexibility index (Phi) is 7.33. The van der Waals surface area contributed by atoms with Crippen LogP contribution in [0.1, 0.15) is 88.7 Å². The Bertz CT molecular complexity index is 598. The first-order chi connectivity index (χ1) is 13.1. The van der Waals surface area contributed by atoms with Crippen LogP contribution in [0.25, 0.3) is 0 Å². The van der Waals surface area contributed by atoms with Crippen molar-refractivity contribution in [1.29, 1.82) is 0 Å². The van der Waals surface area contributed by atoms with Crippen molar-refractivity contribution in [2.45, 2.75) is 84.0 Å². The predicted molar refractivity (Wildman–Crippen MR) is 115 cm³/mol. The number of carbonyl (C=O) groups excluding carboxylic acids is 1. The minimum Gasteiger partial charge on any atom is -0.295 e. The molecule has 1 aromatic rings. The van der Waals surface area contributed by atoms with Crippen molar-refractivity contribution in [3.8, 4) is 0 Å². The average molecular weight is 367 g/mol. The highest BCUT2D eigenvalue weighted by Gasteiger charge is 2.33. The van der Waals surface area contributed by atoms with Crippen molar-refractivity contribution in [2.75, 3.05) is 0 Å². The molecule has 0 radical (unpaired) electrons. The smallest absolute Gasteiger partial charge is 0.158 e. The van der Waals surface area contributed by atoms with Gasteiger partial charge in [0.05, 0.1) is 0 Å². The average Bonchev–Trinajstić information content (AvgIpc) is 2.74. The Balaban J connectivity index is 1.46. The summed E-state index contributed by atoms with van der Waals surface area (Å²) in [5, 5.41) is 0. The molecular weight excluding hydrogens is 328 g/mol. The van der Waals surface area contributed by atoms with E-state index in [1.807, 2.05) is 0 Å². The SMILES string of the molecule is C=CC(=O)C(C)C1CCC(C2CCC(c3ccc(CCC)cc3)CC2)CC1. The Morgan fingerprint density at radius 3 is 2.07 bits per heavy atom. The molecule has 0 heterocycles. The van der Waals surface area contributed by atoms with E-state index in [4.69, 9.17) is 0 Å². The van der Waals surface area contributed by atoms with Gasteiger partial charge < -0.3 is 0 Å². The molecule has 2 aliphatic carbocycles. The quantitative estimate of drug-likeness (QED) is 0.470. The van der Waals surface area contributed by atoms with Crippen LogP contribution >= 0.6 is 0 Å². The van der Waals surface area contributed by atoms with Gasteiger partial charge in [0.25, 0.3) is 0 Å². The third-order valence-corrected chi connectivity index (χ3v) is 7.60. The van der Waals surface area contributed by atoms with Crippen molar-refractivity contribution in [3.63, 3.8) is 0 Å². The Labute approximate surface area is 166 Å². The summed E-state index contributed by atoms with van der Waals surface area (Å²) < 4.78 is 0. The van der Waals surface area contributed by atoms with E-state index >= 15 is 0 Å². The normalized spacial score (nSPS) is 29.9. The number of rotatable bonds is 7. The van der Waals surface area contributed by atoms with E-state index < -0.39 is 0 Å². The minimum atomic E-state index is 0.176. The molecule has 1 unspecified atom stereocenters. The number of ketones is 1. The molecule has 0 saturated heterocycles. The summed E-state index contributed by atoms with van der Waals surface area (Å²) >= 11 is 0.